The third-order valence-corrected chi connectivity index (χ3v) is 12.0. The molecule has 4 rings (SSSR count). The highest BCUT2D eigenvalue weighted by molar-refractivity contribution is 5.85. The first kappa shape index (κ1) is 25.7. The molecule has 34 heavy (non-hydrogen) atoms. The SMILES string of the molecule is C=C(CCC(C(=O)O)C1CCC2(C)C3=C(CCC12C)C1(C)CCC(=O)C(C)(C)C1CC3)C(C)C. The van der Waals surface area contributed by atoms with E-state index in [1.165, 1.54) is 5.57 Å². The lowest BCUT2D eigenvalue weighted by Gasteiger charge is -2.60. The van der Waals surface area contributed by atoms with Gasteiger partial charge in [0.15, 0.2) is 0 Å². The van der Waals surface area contributed by atoms with E-state index in [2.05, 4.69) is 55.0 Å². The summed E-state index contributed by atoms with van der Waals surface area (Å²) in [4.78, 5) is 25.4. The smallest absolute Gasteiger partial charge is 0.306 e. The summed E-state index contributed by atoms with van der Waals surface area (Å²) in [6, 6.07) is 0. The minimum Gasteiger partial charge on any atom is -0.481 e. The van der Waals surface area contributed by atoms with E-state index >= 15 is 0 Å². The van der Waals surface area contributed by atoms with Gasteiger partial charge < -0.3 is 5.11 Å². The highest BCUT2D eigenvalue weighted by Gasteiger charge is 2.64. The average molecular weight is 469 g/mol. The fraction of sp³-hybridized carbons (Fsp3) is 0.806. The van der Waals surface area contributed by atoms with Gasteiger partial charge in [-0.05, 0) is 91.8 Å². The maximum atomic E-state index is 12.8. The van der Waals surface area contributed by atoms with Crippen molar-refractivity contribution in [2.45, 2.75) is 113 Å². The molecule has 0 aromatic rings. The average Bonchev–Trinajstić information content (AvgIpc) is 3.02. The fourth-order valence-corrected chi connectivity index (χ4v) is 9.30. The Balaban J connectivity index is 1.68. The van der Waals surface area contributed by atoms with Gasteiger partial charge in [0.1, 0.15) is 5.78 Å². The molecule has 190 valence electrons. The number of allylic oxidation sites excluding steroid dienone is 3. The van der Waals surface area contributed by atoms with Gasteiger partial charge in [-0.1, -0.05) is 71.8 Å². The van der Waals surface area contributed by atoms with E-state index in [-0.39, 0.29) is 33.5 Å². The lowest BCUT2D eigenvalue weighted by atomic mass is 9.43. The minimum atomic E-state index is -0.616. The molecule has 6 unspecified atom stereocenters. The molecule has 0 heterocycles. The van der Waals surface area contributed by atoms with Crippen LogP contribution in [0.2, 0.25) is 0 Å². The second-order valence-corrected chi connectivity index (χ2v) is 13.8. The second kappa shape index (κ2) is 8.34. The molecule has 3 nitrogen and oxygen atoms in total. The maximum Gasteiger partial charge on any atom is 0.306 e. The summed E-state index contributed by atoms with van der Waals surface area (Å²) in [6.45, 7) is 20.2. The highest BCUT2D eigenvalue weighted by atomic mass is 16.4. The van der Waals surface area contributed by atoms with Crippen molar-refractivity contribution in [1.82, 2.24) is 0 Å². The van der Waals surface area contributed by atoms with Crippen molar-refractivity contribution < 1.29 is 14.7 Å². The van der Waals surface area contributed by atoms with Crippen LogP contribution in [0.15, 0.2) is 23.3 Å². The standard InChI is InChI=1S/C31H48O3/c1-19(2)20(3)9-10-21(27(33)34)22-13-17-31(8)24-11-12-25-28(4,5)26(32)15-16-29(25,6)23(24)14-18-30(22,31)7/h19,21-22,25H,3,9-18H2,1-2,4-8H3,(H,33,34). The molecule has 4 aliphatic rings. The normalized spacial score (nSPS) is 39.9. The van der Waals surface area contributed by atoms with Gasteiger partial charge in [-0.3, -0.25) is 9.59 Å². The molecule has 4 aliphatic carbocycles. The molecule has 0 radical (unpaired) electrons. The lowest BCUT2D eigenvalue weighted by molar-refractivity contribution is -0.146. The summed E-state index contributed by atoms with van der Waals surface area (Å²) in [5.41, 5.74) is 4.47. The van der Waals surface area contributed by atoms with Crippen LogP contribution >= 0.6 is 0 Å². The summed E-state index contributed by atoms with van der Waals surface area (Å²) in [7, 11) is 0. The zero-order chi connectivity index (χ0) is 25.3. The number of aliphatic carboxylic acids is 1. The minimum absolute atomic E-state index is 0.0251. The van der Waals surface area contributed by atoms with Crippen molar-refractivity contribution in [3.8, 4) is 0 Å². The Morgan fingerprint density at radius 2 is 1.68 bits per heavy atom. The third kappa shape index (κ3) is 3.50. The van der Waals surface area contributed by atoms with Crippen LogP contribution in [0.3, 0.4) is 0 Å². The zero-order valence-corrected chi connectivity index (χ0v) is 22.9. The predicted molar refractivity (Wildman–Crippen MR) is 138 cm³/mol. The Morgan fingerprint density at radius 1 is 1.00 bits per heavy atom. The molecule has 0 aromatic heterocycles. The molecule has 0 aliphatic heterocycles. The van der Waals surface area contributed by atoms with E-state index in [0.717, 1.165) is 51.4 Å². The number of hydrogen-bond donors (Lipinski definition) is 1. The van der Waals surface area contributed by atoms with Crippen molar-refractivity contribution in [2.75, 3.05) is 0 Å². The first-order chi connectivity index (χ1) is 15.7. The molecule has 0 saturated heterocycles. The summed E-state index contributed by atoms with van der Waals surface area (Å²) in [6.07, 6.45) is 9.69. The van der Waals surface area contributed by atoms with Gasteiger partial charge in [0.2, 0.25) is 0 Å². The van der Waals surface area contributed by atoms with Crippen molar-refractivity contribution in [3.05, 3.63) is 23.3 Å². The number of fused-ring (bicyclic) bond motifs is 4. The Kier molecular flexibility index (Phi) is 6.31. The van der Waals surface area contributed by atoms with E-state index < -0.39 is 5.97 Å². The van der Waals surface area contributed by atoms with Gasteiger partial charge in [-0.2, -0.15) is 0 Å². The number of Topliss-reactive ketones (excluding diaryl/α,β-unsaturated/α-hetero) is 1. The van der Waals surface area contributed by atoms with Crippen LogP contribution in [0.25, 0.3) is 0 Å². The van der Waals surface area contributed by atoms with Crippen LogP contribution in [0.1, 0.15) is 113 Å². The zero-order valence-electron chi connectivity index (χ0n) is 22.9. The first-order valence-corrected chi connectivity index (χ1v) is 13.9. The highest BCUT2D eigenvalue weighted by Crippen LogP contribution is 2.72. The molecule has 1 N–H and O–H groups in total. The number of carbonyl (C=O) groups is 2. The van der Waals surface area contributed by atoms with Crippen LogP contribution in [0, 0.1) is 45.3 Å². The summed E-state index contributed by atoms with van der Waals surface area (Å²) in [5.74, 6) is 0.596. The van der Waals surface area contributed by atoms with Crippen molar-refractivity contribution >= 4 is 11.8 Å². The quantitative estimate of drug-likeness (QED) is 0.402. The van der Waals surface area contributed by atoms with Crippen LogP contribution in [0.4, 0.5) is 0 Å². The summed E-state index contributed by atoms with van der Waals surface area (Å²) >= 11 is 0. The molecule has 0 aromatic carbocycles. The van der Waals surface area contributed by atoms with Gasteiger partial charge >= 0.3 is 5.97 Å². The maximum absolute atomic E-state index is 12.8. The monoisotopic (exact) mass is 468 g/mol. The van der Waals surface area contributed by atoms with E-state index in [4.69, 9.17) is 0 Å². The van der Waals surface area contributed by atoms with Crippen LogP contribution in [-0.4, -0.2) is 16.9 Å². The molecular weight excluding hydrogens is 420 g/mol. The molecule has 0 spiro atoms. The van der Waals surface area contributed by atoms with E-state index in [0.29, 0.717) is 30.5 Å². The van der Waals surface area contributed by atoms with Crippen molar-refractivity contribution in [2.24, 2.45) is 45.3 Å². The van der Waals surface area contributed by atoms with Gasteiger partial charge in [-0.25, -0.2) is 0 Å². The first-order valence-electron chi connectivity index (χ1n) is 13.9. The number of carboxylic acids is 1. The number of ketones is 1. The molecular formula is C31H48O3. The second-order valence-electron chi connectivity index (χ2n) is 13.8. The van der Waals surface area contributed by atoms with E-state index in [1.807, 2.05) is 0 Å². The lowest BCUT2D eigenvalue weighted by Crippen LogP contribution is -2.54. The third-order valence-electron chi connectivity index (χ3n) is 12.0. The molecule has 6 atom stereocenters. The Morgan fingerprint density at radius 3 is 2.29 bits per heavy atom. The van der Waals surface area contributed by atoms with Crippen LogP contribution in [-0.2, 0) is 9.59 Å². The molecule has 3 heteroatoms. The Labute approximate surface area is 207 Å². The molecule has 2 fully saturated rings. The molecule has 2 saturated carbocycles. The molecule has 0 bridgehead atoms. The van der Waals surface area contributed by atoms with Gasteiger partial charge in [0.05, 0.1) is 5.92 Å². The number of carboxylic acid groups (broad SMARTS) is 1. The van der Waals surface area contributed by atoms with Crippen LogP contribution < -0.4 is 0 Å². The number of carbonyl (C=O) groups excluding carboxylic acids is 1. The largest absolute Gasteiger partial charge is 0.481 e. The summed E-state index contributed by atoms with van der Waals surface area (Å²) in [5, 5.41) is 10.3. The fourth-order valence-electron chi connectivity index (χ4n) is 9.30. The van der Waals surface area contributed by atoms with Crippen molar-refractivity contribution in [1.29, 1.82) is 0 Å². The van der Waals surface area contributed by atoms with E-state index in [9.17, 15) is 14.7 Å². The number of hydrogen-bond acceptors (Lipinski definition) is 2. The number of rotatable bonds is 6. The van der Waals surface area contributed by atoms with E-state index in [1.54, 1.807) is 11.1 Å². The van der Waals surface area contributed by atoms with Gasteiger partial charge in [0.25, 0.3) is 0 Å². The summed E-state index contributed by atoms with van der Waals surface area (Å²) < 4.78 is 0. The van der Waals surface area contributed by atoms with Crippen molar-refractivity contribution in [3.63, 3.8) is 0 Å². The Hall–Kier alpha value is -1.38. The Bertz CT molecular complexity index is 923. The van der Waals surface area contributed by atoms with Gasteiger partial charge in [-0.15, -0.1) is 0 Å². The van der Waals surface area contributed by atoms with Crippen LogP contribution in [0.5, 0.6) is 0 Å². The topological polar surface area (TPSA) is 54.4 Å². The predicted octanol–water partition coefficient (Wildman–Crippen LogP) is 8.00. The molecule has 0 amide bonds. The van der Waals surface area contributed by atoms with Gasteiger partial charge in [0, 0.05) is 11.8 Å².